The largest absolute Gasteiger partial charge is 0.374 e. The summed E-state index contributed by atoms with van der Waals surface area (Å²) in [5, 5.41) is 0. The van der Waals surface area contributed by atoms with Gasteiger partial charge >= 0.3 is 0 Å². The summed E-state index contributed by atoms with van der Waals surface area (Å²) in [4.78, 5) is 13.9. The Morgan fingerprint density at radius 1 is 0.551 bits per heavy atom. The van der Waals surface area contributed by atoms with Crippen LogP contribution in [0.1, 0.15) is 46.0 Å². The van der Waals surface area contributed by atoms with Crippen LogP contribution in [0, 0.1) is 0 Å². The minimum Gasteiger partial charge on any atom is -0.374 e. The minimum atomic E-state index is -1.07. The zero-order chi connectivity index (χ0) is 33.7. The molecule has 1 fully saturated rings. The van der Waals surface area contributed by atoms with Crippen molar-refractivity contribution in [2.45, 2.75) is 69.8 Å². The molecule has 0 amide bonds. The van der Waals surface area contributed by atoms with Crippen molar-refractivity contribution in [2.24, 2.45) is 0 Å². The number of hydrogen-bond acceptors (Lipinski definition) is 6. The Kier molecular flexibility index (Phi) is 12.2. The molecule has 1 saturated heterocycles. The second-order valence-electron chi connectivity index (χ2n) is 12.7. The summed E-state index contributed by atoms with van der Waals surface area (Å²) >= 11 is 0. The molecule has 0 aromatic heterocycles. The summed E-state index contributed by atoms with van der Waals surface area (Å²) in [6.45, 7) is 3.60. The Balaban J connectivity index is 1.35. The normalized spacial score (nSPS) is 22.1. The van der Waals surface area contributed by atoms with Crippen molar-refractivity contribution in [2.75, 3.05) is 6.61 Å². The summed E-state index contributed by atoms with van der Waals surface area (Å²) < 4.78 is 33.7. The molecule has 5 unspecified atom stereocenters. The second kappa shape index (κ2) is 17.3. The standard InChI is InChI=1S/C43H44O6/c1-43(27-38(44)37-25-15-6-16-26-37)42(48-31-36-23-13-5-14-24-36)41(47-30-35-21-11-4-12-22-35)40(46-29-34-19-9-3-10-20-34)39(49-43)32-45-28-33-17-7-2-8-18-33/h2-26,39-42H,27-32H2,1H3. The molecular formula is C43H44O6. The molecule has 5 aromatic carbocycles. The summed E-state index contributed by atoms with van der Waals surface area (Å²) in [7, 11) is 0. The maximum Gasteiger partial charge on any atom is 0.165 e. The number of rotatable bonds is 16. The van der Waals surface area contributed by atoms with Gasteiger partial charge in [0, 0.05) is 12.0 Å². The fourth-order valence-corrected chi connectivity index (χ4v) is 6.34. The van der Waals surface area contributed by atoms with E-state index in [2.05, 4.69) is 0 Å². The summed E-state index contributed by atoms with van der Waals surface area (Å²) in [6, 6.07) is 49.5. The number of carbonyl (C=O) groups excluding carboxylic acids is 1. The Hall–Kier alpha value is -4.43. The van der Waals surface area contributed by atoms with E-state index >= 15 is 0 Å². The molecule has 1 heterocycles. The van der Waals surface area contributed by atoms with Gasteiger partial charge in [-0.05, 0) is 29.2 Å². The number of Topliss-reactive ketones (excluding diaryl/α,β-unsaturated/α-hetero) is 1. The minimum absolute atomic E-state index is 0.0363. The lowest BCUT2D eigenvalue weighted by atomic mass is 9.81. The van der Waals surface area contributed by atoms with E-state index in [1.165, 1.54) is 0 Å². The lowest BCUT2D eigenvalue weighted by Gasteiger charge is -2.51. The average Bonchev–Trinajstić information content (AvgIpc) is 3.15. The van der Waals surface area contributed by atoms with E-state index in [0.717, 1.165) is 22.3 Å². The van der Waals surface area contributed by atoms with E-state index in [9.17, 15) is 4.79 Å². The smallest absolute Gasteiger partial charge is 0.165 e. The van der Waals surface area contributed by atoms with Gasteiger partial charge in [-0.25, -0.2) is 0 Å². The SMILES string of the molecule is CC1(CC(=O)c2ccccc2)OC(COCc2ccccc2)C(OCc2ccccc2)C(OCc2ccccc2)C1OCc1ccccc1. The van der Waals surface area contributed by atoms with Gasteiger partial charge in [-0.3, -0.25) is 4.79 Å². The van der Waals surface area contributed by atoms with E-state index in [4.69, 9.17) is 23.7 Å². The van der Waals surface area contributed by atoms with Gasteiger partial charge in [0.2, 0.25) is 0 Å². The number of ketones is 1. The van der Waals surface area contributed by atoms with Crippen molar-refractivity contribution in [3.05, 3.63) is 179 Å². The third-order valence-corrected chi connectivity index (χ3v) is 8.86. The van der Waals surface area contributed by atoms with Crippen molar-refractivity contribution in [3.63, 3.8) is 0 Å². The Labute approximate surface area is 289 Å². The number of ether oxygens (including phenoxy) is 5. The molecule has 0 radical (unpaired) electrons. The van der Waals surface area contributed by atoms with E-state index in [1.54, 1.807) is 0 Å². The van der Waals surface area contributed by atoms with Crippen LogP contribution in [0.2, 0.25) is 0 Å². The molecule has 5 atom stereocenters. The maximum atomic E-state index is 13.9. The van der Waals surface area contributed by atoms with E-state index in [-0.39, 0.29) is 18.8 Å². The van der Waals surface area contributed by atoms with Crippen LogP contribution in [-0.2, 0) is 50.1 Å². The highest BCUT2D eigenvalue weighted by Crippen LogP contribution is 2.39. The third-order valence-electron chi connectivity index (χ3n) is 8.86. The van der Waals surface area contributed by atoms with Crippen molar-refractivity contribution >= 4 is 5.78 Å². The lowest BCUT2D eigenvalue weighted by molar-refractivity contribution is -0.302. The third kappa shape index (κ3) is 9.60. The highest BCUT2D eigenvalue weighted by atomic mass is 16.6. The van der Waals surface area contributed by atoms with Crippen LogP contribution in [0.5, 0.6) is 0 Å². The fourth-order valence-electron chi connectivity index (χ4n) is 6.34. The van der Waals surface area contributed by atoms with Crippen molar-refractivity contribution in [1.29, 1.82) is 0 Å². The molecular weight excluding hydrogens is 612 g/mol. The number of hydrogen-bond donors (Lipinski definition) is 0. The van der Waals surface area contributed by atoms with Crippen LogP contribution in [-0.4, -0.2) is 42.4 Å². The van der Waals surface area contributed by atoms with E-state index in [1.807, 2.05) is 159 Å². The van der Waals surface area contributed by atoms with Gasteiger partial charge in [-0.1, -0.05) is 152 Å². The molecule has 0 saturated carbocycles. The molecule has 0 spiro atoms. The molecule has 6 nitrogen and oxygen atoms in total. The highest BCUT2D eigenvalue weighted by Gasteiger charge is 2.55. The van der Waals surface area contributed by atoms with Crippen LogP contribution in [0.4, 0.5) is 0 Å². The topological polar surface area (TPSA) is 63.2 Å². The molecule has 6 rings (SSSR count). The van der Waals surface area contributed by atoms with Crippen LogP contribution >= 0.6 is 0 Å². The van der Waals surface area contributed by atoms with E-state index < -0.39 is 30.0 Å². The van der Waals surface area contributed by atoms with Gasteiger partial charge in [-0.2, -0.15) is 0 Å². The van der Waals surface area contributed by atoms with Gasteiger partial charge in [0.15, 0.2) is 5.78 Å². The zero-order valence-corrected chi connectivity index (χ0v) is 27.9. The van der Waals surface area contributed by atoms with Crippen molar-refractivity contribution in [1.82, 2.24) is 0 Å². The predicted octanol–water partition coefficient (Wildman–Crippen LogP) is 8.39. The summed E-state index contributed by atoms with van der Waals surface area (Å²) in [5.74, 6) is -0.0363. The molecule has 0 N–H and O–H groups in total. The molecule has 0 aliphatic carbocycles. The Morgan fingerprint density at radius 3 is 1.45 bits per heavy atom. The van der Waals surface area contributed by atoms with Crippen LogP contribution in [0.15, 0.2) is 152 Å². The van der Waals surface area contributed by atoms with Gasteiger partial charge in [0.1, 0.15) is 30.0 Å². The number of carbonyl (C=O) groups is 1. The zero-order valence-electron chi connectivity index (χ0n) is 27.9. The van der Waals surface area contributed by atoms with Gasteiger partial charge in [0.05, 0.1) is 33.0 Å². The fraction of sp³-hybridized carbons (Fsp3) is 0.279. The van der Waals surface area contributed by atoms with Gasteiger partial charge < -0.3 is 23.7 Å². The summed E-state index contributed by atoms with van der Waals surface area (Å²) in [5.41, 5.74) is 3.67. The first kappa shape index (κ1) is 34.4. The first-order valence-corrected chi connectivity index (χ1v) is 16.9. The first-order chi connectivity index (χ1) is 24.1. The molecule has 1 aliphatic rings. The molecule has 49 heavy (non-hydrogen) atoms. The highest BCUT2D eigenvalue weighted by molar-refractivity contribution is 5.96. The lowest BCUT2D eigenvalue weighted by Crippen LogP contribution is -2.66. The number of benzene rings is 5. The van der Waals surface area contributed by atoms with Crippen molar-refractivity contribution in [3.8, 4) is 0 Å². The average molecular weight is 657 g/mol. The van der Waals surface area contributed by atoms with Gasteiger partial charge in [-0.15, -0.1) is 0 Å². The molecule has 5 aromatic rings. The first-order valence-electron chi connectivity index (χ1n) is 16.9. The molecule has 6 heteroatoms. The van der Waals surface area contributed by atoms with Crippen molar-refractivity contribution < 1.29 is 28.5 Å². The molecule has 0 bridgehead atoms. The monoisotopic (exact) mass is 656 g/mol. The maximum absolute atomic E-state index is 13.9. The van der Waals surface area contributed by atoms with Gasteiger partial charge in [0.25, 0.3) is 0 Å². The van der Waals surface area contributed by atoms with Crippen LogP contribution < -0.4 is 0 Å². The Morgan fingerprint density at radius 2 is 0.959 bits per heavy atom. The molecule has 1 aliphatic heterocycles. The molecule has 252 valence electrons. The van der Waals surface area contributed by atoms with E-state index in [0.29, 0.717) is 32.0 Å². The summed E-state index contributed by atoms with van der Waals surface area (Å²) in [6.07, 6.45) is -2.29. The predicted molar refractivity (Wildman–Crippen MR) is 190 cm³/mol. The van der Waals surface area contributed by atoms with Crippen LogP contribution in [0.25, 0.3) is 0 Å². The quantitative estimate of drug-likeness (QED) is 0.0995. The second-order valence-corrected chi connectivity index (χ2v) is 12.7. The Bertz CT molecular complexity index is 1680. The van der Waals surface area contributed by atoms with Crippen LogP contribution in [0.3, 0.4) is 0 Å².